The molecule has 0 fully saturated rings. The fourth-order valence-electron chi connectivity index (χ4n) is 3.88. The summed E-state index contributed by atoms with van der Waals surface area (Å²) in [6.45, 7) is 5.24. The van der Waals surface area contributed by atoms with Gasteiger partial charge in [0.05, 0.1) is 18.3 Å². The van der Waals surface area contributed by atoms with Crippen LogP contribution >= 0.6 is 0 Å². The maximum atomic E-state index is 14.1. The number of methoxy groups -OCH3 is 1. The lowest BCUT2D eigenvalue weighted by molar-refractivity contribution is -0.170. The molecule has 198 valence electrons. The summed E-state index contributed by atoms with van der Waals surface area (Å²) in [5, 5.41) is 0.660. The first kappa shape index (κ1) is 26.8. The SMILES string of the molecule is COC(=O)C(F)(F)c1ccc(-c2ccc(OCc3cc4ccc(F)cc4n3C(=O)OC(C)(C)C)cc2)cc1. The van der Waals surface area contributed by atoms with Crippen molar-refractivity contribution in [1.29, 1.82) is 0 Å². The Morgan fingerprint density at radius 2 is 1.47 bits per heavy atom. The minimum atomic E-state index is -3.74. The van der Waals surface area contributed by atoms with Gasteiger partial charge in [-0.1, -0.05) is 36.4 Å². The molecule has 0 aliphatic rings. The van der Waals surface area contributed by atoms with Crippen LogP contribution < -0.4 is 4.74 Å². The average Bonchev–Trinajstić information content (AvgIpc) is 3.24. The number of fused-ring (bicyclic) bond motifs is 1. The Balaban J connectivity index is 1.52. The second-order valence-corrected chi connectivity index (χ2v) is 9.61. The van der Waals surface area contributed by atoms with Crippen molar-refractivity contribution in [3.63, 3.8) is 0 Å². The lowest BCUT2D eigenvalue weighted by Crippen LogP contribution is -2.28. The highest BCUT2D eigenvalue weighted by molar-refractivity contribution is 5.91. The van der Waals surface area contributed by atoms with E-state index in [1.54, 1.807) is 57.2 Å². The zero-order valence-electron chi connectivity index (χ0n) is 21.3. The molecule has 4 rings (SSSR count). The molecule has 0 unspecified atom stereocenters. The minimum Gasteiger partial charge on any atom is -0.487 e. The molecule has 0 aliphatic carbocycles. The molecule has 4 aromatic rings. The van der Waals surface area contributed by atoms with Crippen molar-refractivity contribution < 1.29 is 37.0 Å². The molecule has 6 nitrogen and oxygen atoms in total. The largest absolute Gasteiger partial charge is 0.487 e. The first-order chi connectivity index (χ1) is 17.9. The van der Waals surface area contributed by atoms with Crippen LogP contribution in [-0.4, -0.2) is 29.3 Å². The summed E-state index contributed by atoms with van der Waals surface area (Å²) in [6, 6.07) is 18.1. The van der Waals surface area contributed by atoms with Crippen LogP contribution in [0.2, 0.25) is 0 Å². The van der Waals surface area contributed by atoms with Crippen LogP contribution in [0.15, 0.2) is 72.8 Å². The summed E-state index contributed by atoms with van der Waals surface area (Å²) in [5.41, 5.74) is 1.04. The molecule has 0 spiro atoms. The van der Waals surface area contributed by atoms with Gasteiger partial charge >= 0.3 is 18.0 Å². The normalized spacial score (nSPS) is 11.9. The van der Waals surface area contributed by atoms with E-state index in [2.05, 4.69) is 4.74 Å². The quantitative estimate of drug-likeness (QED) is 0.252. The minimum absolute atomic E-state index is 0.00615. The van der Waals surface area contributed by atoms with Crippen LogP contribution in [0.4, 0.5) is 18.0 Å². The molecule has 0 bridgehead atoms. The summed E-state index contributed by atoms with van der Waals surface area (Å²) < 4.78 is 58.9. The summed E-state index contributed by atoms with van der Waals surface area (Å²) in [6.07, 6.45) is -0.645. The van der Waals surface area contributed by atoms with Gasteiger partial charge in [-0.3, -0.25) is 0 Å². The molecule has 3 aromatic carbocycles. The van der Waals surface area contributed by atoms with E-state index in [4.69, 9.17) is 9.47 Å². The van der Waals surface area contributed by atoms with E-state index in [9.17, 15) is 22.8 Å². The third kappa shape index (κ3) is 5.66. The molecule has 0 saturated carbocycles. The molecule has 0 saturated heterocycles. The number of rotatable bonds is 6. The standard InChI is InChI=1S/C29H26F3NO5/c1-28(2,3)38-27(35)33-23(15-20-7-12-22(30)16-25(20)33)17-37-24-13-8-19(9-14-24)18-5-10-21(11-6-18)29(31,32)26(34)36-4/h5-16H,17H2,1-4H3. The van der Waals surface area contributed by atoms with Gasteiger partial charge < -0.3 is 14.2 Å². The van der Waals surface area contributed by atoms with Crippen LogP contribution in [0.5, 0.6) is 5.75 Å². The molecule has 0 amide bonds. The highest BCUT2D eigenvalue weighted by Crippen LogP contribution is 2.32. The van der Waals surface area contributed by atoms with Crippen molar-refractivity contribution in [2.45, 2.75) is 38.9 Å². The van der Waals surface area contributed by atoms with E-state index >= 15 is 0 Å². The summed E-state index contributed by atoms with van der Waals surface area (Å²) >= 11 is 0. The van der Waals surface area contributed by atoms with Crippen molar-refractivity contribution in [2.75, 3.05) is 7.11 Å². The fraction of sp³-hybridized carbons (Fsp3) is 0.241. The third-order valence-electron chi connectivity index (χ3n) is 5.68. The van der Waals surface area contributed by atoms with Crippen molar-refractivity contribution in [1.82, 2.24) is 4.57 Å². The number of ether oxygens (including phenoxy) is 3. The number of aromatic nitrogens is 1. The van der Waals surface area contributed by atoms with Gasteiger partial charge in [0.2, 0.25) is 0 Å². The lowest BCUT2D eigenvalue weighted by atomic mass is 10.0. The van der Waals surface area contributed by atoms with Gasteiger partial charge in [-0.05, 0) is 68.3 Å². The van der Waals surface area contributed by atoms with Gasteiger partial charge in [0, 0.05) is 10.9 Å². The topological polar surface area (TPSA) is 66.8 Å². The molecule has 0 N–H and O–H groups in total. The van der Waals surface area contributed by atoms with Gasteiger partial charge in [0.15, 0.2) is 0 Å². The van der Waals surface area contributed by atoms with Gasteiger partial charge in [-0.2, -0.15) is 8.78 Å². The van der Waals surface area contributed by atoms with Crippen LogP contribution in [0.3, 0.4) is 0 Å². The molecule has 0 radical (unpaired) electrons. The molecule has 0 atom stereocenters. The van der Waals surface area contributed by atoms with Gasteiger partial charge in [0.1, 0.15) is 23.8 Å². The summed E-state index contributed by atoms with van der Waals surface area (Å²) in [4.78, 5) is 24.3. The van der Waals surface area contributed by atoms with Crippen molar-refractivity contribution in [2.24, 2.45) is 0 Å². The molecule has 9 heteroatoms. The van der Waals surface area contributed by atoms with Crippen LogP contribution in [0.25, 0.3) is 22.0 Å². The van der Waals surface area contributed by atoms with Gasteiger partial charge in [0.25, 0.3) is 0 Å². The van der Waals surface area contributed by atoms with E-state index in [0.29, 0.717) is 27.9 Å². The molecule has 0 aliphatic heterocycles. The maximum Gasteiger partial charge on any atom is 0.419 e. The van der Waals surface area contributed by atoms with Crippen LogP contribution in [0.1, 0.15) is 32.0 Å². The second-order valence-electron chi connectivity index (χ2n) is 9.61. The number of esters is 1. The highest BCUT2D eigenvalue weighted by atomic mass is 19.3. The number of hydrogen-bond acceptors (Lipinski definition) is 5. The number of carbonyl (C=O) groups excluding carboxylic acids is 2. The smallest absolute Gasteiger partial charge is 0.419 e. The highest BCUT2D eigenvalue weighted by Gasteiger charge is 2.42. The Morgan fingerprint density at radius 3 is 2.05 bits per heavy atom. The predicted molar refractivity (Wildman–Crippen MR) is 136 cm³/mol. The monoisotopic (exact) mass is 525 g/mol. The first-order valence-corrected chi connectivity index (χ1v) is 11.7. The average molecular weight is 526 g/mol. The first-order valence-electron chi connectivity index (χ1n) is 11.7. The molecule has 1 heterocycles. The van der Waals surface area contributed by atoms with Crippen molar-refractivity contribution in [3.05, 3.63) is 89.9 Å². The van der Waals surface area contributed by atoms with E-state index in [1.165, 1.54) is 41.0 Å². The van der Waals surface area contributed by atoms with E-state index in [1.807, 2.05) is 0 Å². The zero-order chi connectivity index (χ0) is 27.7. The predicted octanol–water partition coefficient (Wildman–Crippen LogP) is 7.07. The number of benzene rings is 3. The second kappa shape index (κ2) is 10.2. The van der Waals surface area contributed by atoms with E-state index < -0.39 is 35.0 Å². The van der Waals surface area contributed by atoms with Crippen molar-refractivity contribution in [3.8, 4) is 16.9 Å². The summed E-state index contributed by atoms with van der Waals surface area (Å²) in [5.74, 6) is -5.35. The molecule has 38 heavy (non-hydrogen) atoms. The number of alkyl halides is 2. The Morgan fingerprint density at radius 1 is 0.868 bits per heavy atom. The molecular weight excluding hydrogens is 499 g/mol. The summed E-state index contributed by atoms with van der Waals surface area (Å²) in [7, 11) is 0.908. The number of halogens is 3. The Kier molecular flexibility index (Phi) is 7.22. The van der Waals surface area contributed by atoms with Crippen LogP contribution in [0, 0.1) is 5.82 Å². The lowest BCUT2D eigenvalue weighted by Gasteiger charge is -2.21. The maximum absolute atomic E-state index is 14.1. The molecule has 1 aromatic heterocycles. The van der Waals surface area contributed by atoms with Crippen molar-refractivity contribution >= 4 is 23.0 Å². The fourth-order valence-corrected chi connectivity index (χ4v) is 3.88. The van der Waals surface area contributed by atoms with Gasteiger partial charge in [-0.15, -0.1) is 0 Å². The number of hydrogen-bond donors (Lipinski definition) is 0. The van der Waals surface area contributed by atoms with E-state index in [-0.39, 0.29) is 6.61 Å². The zero-order valence-corrected chi connectivity index (χ0v) is 21.3. The van der Waals surface area contributed by atoms with E-state index in [0.717, 1.165) is 12.7 Å². The number of carbonyl (C=O) groups is 2. The van der Waals surface area contributed by atoms with Crippen LogP contribution in [-0.2, 0) is 26.8 Å². The Labute approximate surface area is 217 Å². The Bertz CT molecular complexity index is 1470. The third-order valence-corrected chi connectivity index (χ3v) is 5.68. The molecular formula is C29H26F3NO5. The number of nitrogens with zero attached hydrogens (tertiary/aromatic N) is 1. The Hall–Kier alpha value is -4.27. The van der Waals surface area contributed by atoms with Gasteiger partial charge in [-0.25, -0.2) is 18.5 Å².